The van der Waals surface area contributed by atoms with E-state index in [4.69, 9.17) is 0 Å². The van der Waals surface area contributed by atoms with Crippen LogP contribution < -0.4 is 0 Å². The third-order valence-electron chi connectivity index (χ3n) is 0.991. The van der Waals surface area contributed by atoms with E-state index in [2.05, 4.69) is 17.1 Å². The molecule has 0 rings (SSSR count). The molecule has 0 spiro atoms. The molecule has 0 unspecified atom stereocenters. The molecule has 0 aliphatic heterocycles. The summed E-state index contributed by atoms with van der Waals surface area (Å²) in [6.07, 6.45) is 5.07. The smallest absolute Gasteiger partial charge is 0.306 e. The summed E-state index contributed by atoms with van der Waals surface area (Å²) >= 11 is 0. The molecule has 0 aliphatic carbocycles. The highest BCUT2D eigenvalue weighted by atomic mass is 16.5. The highest BCUT2D eigenvalue weighted by molar-refractivity contribution is 5.69. The van der Waals surface area contributed by atoms with Crippen LogP contribution in [-0.2, 0) is 9.53 Å². The van der Waals surface area contributed by atoms with Gasteiger partial charge in [0, 0.05) is 6.54 Å². The van der Waals surface area contributed by atoms with E-state index in [0.717, 1.165) is 6.54 Å². The van der Waals surface area contributed by atoms with Crippen molar-refractivity contribution in [1.29, 1.82) is 0 Å². The van der Waals surface area contributed by atoms with Crippen molar-refractivity contribution in [3.63, 3.8) is 0 Å². The van der Waals surface area contributed by atoms with Gasteiger partial charge in [-0.05, 0) is 21.0 Å². The van der Waals surface area contributed by atoms with Crippen LogP contribution in [0.2, 0.25) is 0 Å². The number of methoxy groups -OCH3 is 1. The molecular weight excluding hydrogens is 154 g/mol. The Morgan fingerprint density at radius 3 is 2.25 bits per heavy atom. The van der Waals surface area contributed by atoms with E-state index in [1.807, 2.05) is 19.0 Å². The fourth-order valence-corrected chi connectivity index (χ4v) is 0.417. The molecule has 70 valence electrons. The standard InChI is InChI=1S/C6H13NO2.C3H4/c1-7(2)5-4-6(8)9-3;1-3-2/h4-5H2,1-3H3;1H,2H3. The average molecular weight is 171 g/mol. The van der Waals surface area contributed by atoms with Gasteiger partial charge < -0.3 is 9.64 Å². The lowest BCUT2D eigenvalue weighted by molar-refractivity contribution is -0.140. The van der Waals surface area contributed by atoms with Crippen LogP contribution in [0.4, 0.5) is 0 Å². The number of terminal acetylenes is 1. The van der Waals surface area contributed by atoms with Crippen LogP contribution in [0.3, 0.4) is 0 Å². The van der Waals surface area contributed by atoms with Crippen molar-refractivity contribution in [2.24, 2.45) is 0 Å². The quantitative estimate of drug-likeness (QED) is 0.463. The fourth-order valence-electron chi connectivity index (χ4n) is 0.417. The lowest BCUT2D eigenvalue weighted by Crippen LogP contribution is -2.17. The molecule has 0 aromatic heterocycles. The van der Waals surface area contributed by atoms with E-state index in [1.54, 1.807) is 6.92 Å². The van der Waals surface area contributed by atoms with Crippen molar-refractivity contribution in [2.75, 3.05) is 27.7 Å². The van der Waals surface area contributed by atoms with Crippen molar-refractivity contribution in [1.82, 2.24) is 4.90 Å². The zero-order valence-corrected chi connectivity index (χ0v) is 8.26. The molecule has 0 radical (unpaired) electrons. The van der Waals surface area contributed by atoms with Crippen LogP contribution in [0.15, 0.2) is 0 Å². The maximum Gasteiger partial charge on any atom is 0.306 e. The normalized spacial score (nSPS) is 8.00. The Bertz CT molecular complexity index is 147. The molecule has 3 heteroatoms. The molecule has 3 nitrogen and oxygen atoms in total. The van der Waals surface area contributed by atoms with Gasteiger partial charge in [0.05, 0.1) is 13.5 Å². The zero-order chi connectivity index (χ0) is 9.98. The van der Waals surface area contributed by atoms with E-state index in [0.29, 0.717) is 6.42 Å². The Morgan fingerprint density at radius 2 is 2.00 bits per heavy atom. The second kappa shape index (κ2) is 9.99. The van der Waals surface area contributed by atoms with Crippen molar-refractivity contribution >= 4 is 5.97 Å². The maximum absolute atomic E-state index is 10.5. The summed E-state index contributed by atoms with van der Waals surface area (Å²) in [5.41, 5.74) is 0. The van der Waals surface area contributed by atoms with Gasteiger partial charge in [-0.1, -0.05) is 0 Å². The Kier molecular flexibility index (Phi) is 11.3. The second-order valence-corrected chi connectivity index (χ2v) is 2.42. The number of carbonyl (C=O) groups is 1. The Morgan fingerprint density at radius 1 is 1.58 bits per heavy atom. The molecule has 0 atom stereocenters. The van der Waals surface area contributed by atoms with Crippen molar-refractivity contribution in [3.05, 3.63) is 0 Å². The predicted molar refractivity (Wildman–Crippen MR) is 49.7 cm³/mol. The van der Waals surface area contributed by atoms with Crippen LogP contribution in [0.25, 0.3) is 0 Å². The zero-order valence-electron chi connectivity index (χ0n) is 8.26. The molecule has 0 aliphatic rings. The summed E-state index contributed by atoms with van der Waals surface area (Å²) in [5.74, 6) is 2.10. The van der Waals surface area contributed by atoms with Gasteiger partial charge in [-0.15, -0.1) is 12.3 Å². The summed E-state index contributed by atoms with van der Waals surface area (Å²) < 4.78 is 4.43. The number of esters is 1. The largest absolute Gasteiger partial charge is 0.469 e. The van der Waals surface area contributed by atoms with Crippen molar-refractivity contribution < 1.29 is 9.53 Å². The topological polar surface area (TPSA) is 29.5 Å². The van der Waals surface area contributed by atoms with Crippen LogP contribution in [0, 0.1) is 12.3 Å². The van der Waals surface area contributed by atoms with Crippen LogP contribution in [-0.4, -0.2) is 38.6 Å². The molecule has 0 N–H and O–H groups in total. The molecular formula is C9H17NO2. The summed E-state index contributed by atoms with van der Waals surface area (Å²) in [4.78, 5) is 12.4. The predicted octanol–water partition coefficient (Wildman–Crippen LogP) is 0.751. The van der Waals surface area contributed by atoms with Gasteiger partial charge in [-0.2, -0.15) is 0 Å². The first kappa shape index (κ1) is 13.6. The second-order valence-electron chi connectivity index (χ2n) is 2.42. The number of hydrogen-bond acceptors (Lipinski definition) is 3. The molecule has 0 fully saturated rings. The average Bonchev–Trinajstić information content (AvgIpc) is 2.01. The van der Waals surface area contributed by atoms with Gasteiger partial charge in [0.2, 0.25) is 0 Å². The van der Waals surface area contributed by atoms with Gasteiger partial charge in [0.25, 0.3) is 0 Å². The lowest BCUT2D eigenvalue weighted by Gasteiger charge is -2.06. The monoisotopic (exact) mass is 171 g/mol. The van der Waals surface area contributed by atoms with Crippen LogP contribution >= 0.6 is 0 Å². The molecule has 0 amide bonds. The number of hydrogen-bond donors (Lipinski definition) is 0. The number of nitrogens with zero attached hydrogens (tertiary/aromatic N) is 1. The summed E-state index contributed by atoms with van der Waals surface area (Å²) in [6, 6.07) is 0. The van der Waals surface area contributed by atoms with Crippen molar-refractivity contribution in [2.45, 2.75) is 13.3 Å². The lowest BCUT2D eigenvalue weighted by atomic mass is 10.4. The molecule has 12 heavy (non-hydrogen) atoms. The minimum atomic E-state index is -0.149. The summed E-state index contributed by atoms with van der Waals surface area (Å²) in [5, 5.41) is 0. The van der Waals surface area contributed by atoms with E-state index < -0.39 is 0 Å². The first-order valence-corrected chi connectivity index (χ1v) is 3.67. The van der Waals surface area contributed by atoms with Gasteiger partial charge in [-0.25, -0.2) is 0 Å². The number of carbonyl (C=O) groups excluding carboxylic acids is 1. The molecule has 0 bridgehead atoms. The molecule has 0 saturated heterocycles. The summed E-state index contributed by atoms with van der Waals surface area (Å²) in [7, 11) is 5.24. The third kappa shape index (κ3) is 16.0. The SMILES string of the molecule is C#CC.COC(=O)CCN(C)C. The highest BCUT2D eigenvalue weighted by Gasteiger charge is 1.98. The highest BCUT2D eigenvalue weighted by Crippen LogP contribution is 1.84. The van der Waals surface area contributed by atoms with Gasteiger partial charge in [0.1, 0.15) is 0 Å². The fraction of sp³-hybridized carbons (Fsp3) is 0.667. The van der Waals surface area contributed by atoms with Gasteiger partial charge in [-0.3, -0.25) is 4.79 Å². The Balaban J connectivity index is 0. The van der Waals surface area contributed by atoms with Gasteiger partial charge >= 0.3 is 5.97 Å². The van der Waals surface area contributed by atoms with E-state index in [1.165, 1.54) is 7.11 Å². The minimum Gasteiger partial charge on any atom is -0.469 e. The Hall–Kier alpha value is -1.01. The molecule has 0 aromatic carbocycles. The van der Waals surface area contributed by atoms with Crippen LogP contribution in [0.5, 0.6) is 0 Å². The third-order valence-corrected chi connectivity index (χ3v) is 0.991. The number of ether oxygens (including phenoxy) is 1. The molecule has 0 heterocycles. The van der Waals surface area contributed by atoms with Crippen LogP contribution in [0.1, 0.15) is 13.3 Å². The first-order valence-electron chi connectivity index (χ1n) is 3.67. The minimum absolute atomic E-state index is 0.149. The van der Waals surface area contributed by atoms with Crippen molar-refractivity contribution in [3.8, 4) is 12.3 Å². The molecule has 0 aromatic rings. The van der Waals surface area contributed by atoms with E-state index >= 15 is 0 Å². The first-order chi connectivity index (χ1) is 5.58. The maximum atomic E-state index is 10.5. The Labute approximate surface area is 74.7 Å². The van der Waals surface area contributed by atoms with Gasteiger partial charge in [0.15, 0.2) is 0 Å². The van der Waals surface area contributed by atoms with E-state index in [-0.39, 0.29) is 5.97 Å². The van der Waals surface area contributed by atoms with E-state index in [9.17, 15) is 4.79 Å². The summed E-state index contributed by atoms with van der Waals surface area (Å²) in [6.45, 7) is 2.41. The molecule has 0 saturated carbocycles. The number of rotatable bonds is 3.